The normalized spacial score (nSPS) is 17.9. The number of cyclic esters (lactones) is 1. The van der Waals surface area contributed by atoms with Gasteiger partial charge in [-0.25, -0.2) is 14.2 Å². The van der Waals surface area contributed by atoms with Gasteiger partial charge in [0.2, 0.25) is 6.41 Å². The Kier molecular flexibility index (Phi) is 6.09. The molecule has 2 aliphatic heterocycles. The number of pyridine rings is 2. The SMILES string of the molecule is CC[C@@]1(O)C(=O)OCc2c1cc1n(c2=O)Cc2c-1nc1cc(F)c(C)cc1c2CCCOCNC=O. The van der Waals surface area contributed by atoms with Crippen LogP contribution in [0.1, 0.15) is 47.6 Å². The summed E-state index contributed by atoms with van der Waals surface area (Å²) >= 11 is 0. The van der Waals surface area contributed by atoms with Gasteiger partial charge in [-0.05, 0) is 49.4 Å². The van der Waals surface area contributed by atoms with Crippen molar-refractivity contribution in [2.45, 2.75) is 51.9 Å². The Labute approximate surface area is 205 Å². The number of hydrogen-bond donors (Lipinski definition) is 2. The molecule has 0 bridgehead atoms. The number of aryl methyl sites for hydroxylation is 2. The molecule has 2 aromatic heterocycles. The molecule has 0 radical (unpaired) electrons. The predicted molar refractivity (Wildman–Crippen MR) is 128 cm³/mol. The Hall–Kier alpha value is -3.63. The van der Waals surface area contributed by atoms with E-state index in [1.165, 1.54) is 6.07 Å². The fourth-order valence-electron chi connectivity index (χ4n) is 5.09. The van der Waals surface area contributed by atoms with E-state index in [4.69, 9.17) is 14.5 Å². The van der Waals surface area contributed by atoms with Crippen LogP contribution >= 0.6 is 0 Å². The average molecular weight is 496 g/mol. The lowest BCUT2D eigenvalue weighted by Crippen LogP contribution is -2.44. The van der Waals surface area contributed by atoms with Gasteiger partial charge in [0, 0.05) is 29.2 Å². The van der Waals surface area contributed by atoms with Gasteiger partial charge in [0.1, 0.15) is 19.2 Å². The minimum atomic E-state index is -1.92. The van der Waals surface area contributed by atoms with Crippen molar-refractivity contribution < 1.29 is 28.6 Å². The molecule has 2 N–H and O–H groups in total. The zero-order valence-electron chi connectivity index (χ0n) is 20.0. The number of amides is 1. The van der Waals surface area contributed by atoms with Crippen LogP contribution in [0.5, 0.6) is 0 Å². The van der Waals surface area contributed by atoms with E-state index >= 15 is 0 Å². The maximum atomic E-state index is 14.5. The number of aliphatic hydroxyl groups is 1. The second-order valence-corrected chi connectivity index (χ2v) is 9.12. The monoisotopic (exact) mass is 495 g/mol. The number of nitrogens with zero attached hydrogens (tertiary/aromatic N) is 2. The fraction of sp³-hybridized carbons (Fsp3) is 0.385. The Morgan fingerprint density at radius 2 is 2.11 bits per heavy atom. The largest absolute Gasteiger partial charge is 0.458 e. The number of benzene rings is 1. The standard InChI is InChI=1S/C26H26FN3O6/c1-3-26(34)19-8-22-23-17(10-30(22)24(32)18(19)11-36-25(26)33)15(5-4-6-35-13-28-12-31)16-7-14(2)20(27)9-21(16)29-23/h7-9,12,34H,3-6,10-11,13H2,1-2H3,(H,28,31)/t26-/m0/s1. The van der Waals surface area contributed by atoms with Crippen molar-refractivity contribution in [3.05, 3.63) is 62.2 Å². The summed E-state index contributed by atoms with van der Waals surface area (Å²) in [6.45, 7) is 3.90. The number of carbonyl (C=O) groups excluding carboxylic acids is 2. The Morgan fingerprint density at radius 3 is 2.86 bits per heavy atom. The van der Waals surface area contributed by atoms with Crippen LogP contribution in [0.2, 0.25) is 0 Å². The van der Waals surface area contributed by atoms with Gasteiger partial charge < -0.3 is 24.5 Å². The molecule has 1 atom stereocenters. The topological polar surface area (TPSA) is 120 Å². The zero-order valence-corrected chi connectivity index (χ0v) is 20.0. The van der Waals surface area contributed by atoms with E-state index in [9.17, 15) is 23.9 Å². The van der Waals surface area contributed by atoms with Gasteiger partial charge in [-0.3, -0.25) is 9.59 Å². The van der Waals surface area contributed by atoms with Crippen LogP contribution in [0.3, 0.4) is 0 Å². The van der Waals surface area contributed by atoms with Gasteiger partial charge in [0.25, 0.3) is 5.56 Å². The highest BCUT2D eigenvalue weighted by Crippen LogP contribution is 2.40. The summed E-state index contributed by atoms with van der Waals surface area (Å²) in [7, 11) is 0. The van der Waals surface area contributed by atoms with E-state index in [1.807, 2.05) is 0 Å². The lowest BCUT2D eigenvalue weighted by Gasteiger charge is -2.31. The van der Waals surface area contributed by atoms with E-state index in [2.05, 4.69) is 5.32 Å². The predicted octanol–water partition coefficient (Wildman–Crippen LogP) is 2.18. The molecule has 0 saturated heterocycles. The number of nitrogens with one attached hydrogen (secondary N) is 1. The molecule has 0 unspecified atom stereocenters. The second-order valence-electron chi connectivity index (χ2n) is 9.12. The van der Waals surface area contributed by atoms with Crippen molar-refractivity contribution >= 4 is 23.3 Å². The first kappa shape index (κ1) is 24.1. The van der Waals surface area contributed by atoms with Crippen molar-refractivity contribution in [1.29, 1.82) is 0 Å². The lowest BCUT2D eigenvalue weighted by molar-refractivity contribution is -0.172. The van der Waals surface area contributed by atoms with Gasteiger partial charge in [-0.15, -0.1) is 0 Å². The number of esters is 1. The maximum absolute atomic E-state index is 14.5. The molecule has 9 nitrogen and oxygen atoms in total. The number of ether oxygens (including phenoxy) is 2. The Bertz CT molecular complexity index is 1470. The maximum Gasteiger partial charge on any atom is 0.343 e. The van der Waals surface area contributed by atoms with E-state index in [0.717, 1.165) is 16.5 Å². The van der Waals surface area contributed by atoms with Gasteiger partial charge in [0.05, 0.1) is 29.0 Å². The van der Waals surface area contributed by atoms with Gasteiger partial charge in [-0.1, -0.05) is 6.92 Å². The third-order valence-electron chi connectivity index (χ3n) is 7.07. The van der Waals surface area contributed by atoms with Crippen LogP contribution in [-0.4, -0.2) is 40.4 Å². The molecule has 4 heterocycles. The molecular formula is C26H26FN3O6. The summed E-state index contributed by atoms with van der Waals surface area (Å²) in [6.07, 6.45) is 1.82. The van der Waals surface area contributed by atoms with Gasteiger partial charge >= 0.3 is 5.97 Å². The first-order valence-corrected chi connectivity index (χ1v) is 11.8. The number of fused-ring (bicyclic) bond motifs is 5. The minimum Gasteiger partial charge on any atom is -0.458 e. The molecule has 0 saturated carbocycles. The molecular weight excluding hydrogens is 469 g/mol. The van der Waals surface area contributed by atoms with Crippen molar-refractivity contribution in [3.63, 3.8) is 0 Å². The molecule has 0 aliphatic carbocycles. The molecule has 10 heteroatoms. The summed E-state index contributed by atoms with van der Waals surface area (Å²) < 4.78 is 26.6. The first-order valence-electron chi connectivity index (χ1n) is 11.8. The highest BCUT2D eigenvalue weighted by Gasteiger charge is 2.45. The van der Waals surface area contributed by atoms with Crippen LogP contribution < -0.4 is 10.9 Å². The number of halogens is 1. The molecule has 188 valence electrons. The van der Waals surface area contributed by atoms with Crippen LogP contribution in [0, 0.1) is 12.7 Å². The Balaban J connectivity index is 1.65. The first-order chi connectivity index (χ1) is 17.3. The molecule has 1 amide bonds. The zero-order chi connectivity index (χ0) is 25.6. The molecule has 36 heavy (non-hydrogen) atoms. The molecule has 0 fully saturated rings. The molecule has 2 aliphatic rings. The van der Waals surface area contributed by atoms with Crippen LogP contribution in [-0.2, 0) is 44.2 Å². The van der Waals surface area contributed by atoms with E-state index in [0.29, 0.717) is 48.3 Å². The third-order valence-corrected chi connectivity index (χ3v) is 7.07. The smallest absolute Gasteiger partial charge is 0.343 e. The highest BCUT2D eigenvalue weighted by molar-refractivity contribution is 5.89. The number of carbonyl (C=O) groups is 2. The summed E-state index contributed by atoms with van der Waals surface area (Å²) in [5.74, 6) is -1.16. The van der Waals surface area contributed by atoms with E-state index in [-0.39, 0.29) is 48.8 Å². The van der Waals surface area contributed by atoms with E-state index < -0.39 is 11.6 Å². The second kappa shape index (κ2) is 9.11. The minimum absolute atomic E-state index is 0.0500. The van der Waals surface area contributed by atoms with Crippen molar-refractivity contribution in [1.82, 2.24) is 14.9 Å². The highest BCUT2D eigenvalue weighted by atomic mass is 19.1. The van der Waals surface area contributed by atoms with E-state index in [1.54, 1.807) is 30.5 Å². The van der Waals surface area contributed by atoms with Crippen molar-refractivity contribution in [3.8, 4) is 11.4 Å². The molecule has 1 aromatic carbocycles. The average Bonchev–Trinajstić information content (AvgIpc) is 3.23. The summed E-state index contributed by atoms with van der Waals surface area (Å²) in [4.78, 5) is 41.0. The number of rotatable bonds is 8. The van der Waals surface area contributed by atoms with Crippen LogP contribution in [0.15, 0.2) is 23.0 Å². The van der Waals surface area contributed by atoms with Crippen molar-refractivity contribution in [2.24, 2.45) is 0 Å². The summed E-state index contributed by atoms with van der Waals surface area (Å²) in [6, 6.07) is 4.80. The fourth-order valence-corrected chi connectivity index (χ4v) is 5.09. The third kappa shape index (κ3) is 3.68. The Morgan fingerprint density at radius 1 is 1.31 bits per heavy atom. The van der Waals surface area contributed by atoms with Gasteiger partial charge in [0.15, 0.2) is 5.60 Å². The quantitative estimate of drug-likeness (QED) is 0.166. The molecule has 3 aromatic rings. The summed E-state index contributed by atoms with van der Waals surface area (Å²) in [5.41, 5.74) is 1.95. The van der Waals surface area contributed by atoms with Crippen LogP contribution in [0.25, 0.3) is 22.3 Å². The number of aromatic nitrogens is 2. The van der Waals surface area contributed by atoms with Gasteiger partial charge in [-0.2, -0.15) is 0 Å². The van der Waals surface area contributed by atoms with Crippen molar-refractivity contribution in [2.75, 3.05) is 13.3 Å². The molecule has 0 spiro atoms. The van der Waals surface area contributed by atoms with Crippen LogP contribution in [0.4, 0.5) is 4.39 Å². The number of hydrogen-bond acceptors (Lipinski definition) is 7. The lowest BCUT2D eigenvalue weighted by atomic mass is 9.86. The summed E-state index contributed by atoms with van der Waals surface area (Å²) in [5, 5.41) is 14.3. The molecule has 5 rings (SSSR count).